The largest absolute Gasteiger partial charge is 0.415 e. The van der Waals surface area contributed by atoms with Crippen LogP contribution in [-0.4, -0.2) is 30.0 Å². The second-order valence-electron chi connectivity index (χ2n) is 2.62. The van der Waals surface area contributed by atoms with Gasteiger partial charge in [-0.15, -0.1) is 0 Å². The van der Waals surface area contributed by atoms with Gasteiger partial charge in [-0.25, -0.2) is 0 Å². The molecular weight excluding hydrogens is 159 g/mol. The lowest BCUT2D eigenvalue weighted by Gasteiger charge is -2.16. The molecule has 11 heavy (non-hydrogen) atoms. The van der Waals surface area contributed by atoms with Crippen molar-refractivity contribution in [1.29, 1.82) is 0 Å². The maximum absolute atomic E-state index is 11.6. The van der Waals surface area contributed by atoms with Gasteiger partial charge in [0.1, 0.15) is 0 Å². The zero-order valence-electron chi connectivity index (χ0n) is 6.44. The number of aliphatic hydroxyl groups excluding tert-OH is 1. The van der Waals surface area contributed by atoms with Crippen molar-refractivity contribution in [2.75, 3.05) is 6.54 Å². The van der Waals surface area contributed by atoms with Crippen molar-refractivity contribution >= 4 is 0 Å². The predicted octanol–water partition coefficient (Wildman–Crippen LogP) is 0.908. The predicted molar refractivity (Wildman–Crippen MR) is 35.2 cm³/mol. The first-order valence-corrected chi connectivity index (χ1v) is 3.32. The normalized spacial score (nSPS) is 15.5. The van der Waals surface area contributed by atoms with E-state index in [9.17, 15) is 13.2 Å². The van der Waals surface area contributed by atoms with Crippen molar-refractivity contribution < 1.29 is 18.3 Å². The Morgan fingerprint density at radius 3 is 2.09 bits per heavy atom. The van der Waals surface area contributed by atoms with E-state index in [0.29, 0.717) is 0 Å². The van der Waals surface area contributed by atoms with Gasteiger partial charge in [0, 0.05) is 12.6 Å². The van der Waals surface area contributed by atoms with E-state index in [1.165, 1.54) is 0 Å². The van der Waals surface area contributed by atoms with E-state index in [1.54, 1.807) is 13.8 Å². The van der Waals surface area contributed by atoms with Crippen molar-refractivity contribution in [2.45, 2.75) is 32.2 Å². The highest BCUT2D eigenvalue weighted by Gasteiger charge is 2.37. The summed E-state index contributed by atoms with van der Waals surface area (Å²) in [5, 5.41) is 10.9. The Balaban J connectivity index is 3.61. The number of alkyl halides is 3. The van der Waals surface area contributed by atoms with Gasteiger partial charge in [0.15, 0.2) is 6.10 Å². The van der Waals surface area contributed by atoms with Crippen LogP contribution >= 0.6 is 0 Å². The quantitative estimate of drug-likeness (QED) is 0.661. The van der Waals surface area contributed by atoms with Gasteiger partial charge in [0.05, 0.1) is 0 Å². The van der Waals surface area contributed by atoms with Gasteiger partial charge in [0.2, 0.25) is 0 Å². The highest BCUT2D eigenvalue weighted by atomic mass is 19.4. The Bertz CT molecular complexity index is 113. The molecule has 0 heterocycles. The zero-order chi connectivity index (χ0) is 9.07. The lowest BCUT2D eigenvalue weighted by Crippen LogP contribution is -2.40. The molecule has 0 aromatic carbocycles. The summed E-state index contributed by atoms with van der Waals surface area (Å²) in [6.07, 6.45) is -6.77. The Labute approximate surface area is 63.4 Å². The number of nitrogens with one attached hydrogen (secondary N) is 1. The third-order valence-electron chi connectivity index (χ3n) is 1.10. The van der Waals surface area contributed by atoms with Crippen molar-refractivity contribution in [3.63, 3.8) is 0 Å². The highest BCUT2D eigenvalue weighted by molar-refractivity contribution is 4.68. The van der Waals surface area contributed by atoms with E-state index in [2.05, 4.69) is 5.32 Å². The third kappa shape index (κ3) is 5.03. The minimum Gasteiger partial charge on any atom is -0.382 e. The van der Waals surface area contributed by atoms with E-state index in [4.69, 9.17) is 5.11 Å². The van der Waals surface area contributed by atoms with Crippen LogP contribution in [0.15, 0.2) is 0 Å². The molecule has 1 atom stereocenters. The van der Waals surface area contributed by atoms with Crippen LogP contribution in [0.4, 0.5) is 13.2 Å². The first-order valence-electron chi connectivity index (χ1n) is 3.32. The number of hydrogen-bond acceptors (Lipinski definition) is 2. The number of rotatable bonds is 3. The molecule has 0 fully saturated rings. The highest BCUT2D eigenvalue weighted by Crippen LogP contribution is 2.19. The topological polar surface area (TPSA) is 32.3 Å². The maximum atomic E-state index is 11.6. The van der Waals surface area contributed by atoms with Crippen LogP contribution in [0.2, 0.25) is 0 Å². The third-order valence-corrected chi connectivity index (χ3v) is 1.10. The Kier molecular flexibility index (Phi) is 3.82. The number of hydrogen-bond donors (Lipinski definition) is 2. The molecular formula is C6H12F3NO. The van der Waals surface area contributed by atoms with E-state index in [0.717, 1.165) is 0 Å². The SMILES string of the molecule is CC(C)NCC(O)C(F)(F)F. The molecule has 0 aliphatic carbocycles. The molecule has 0 aromatic rings. The van der Waals surface area contributed by atoms with E-state index < -0.39 is 18.8 Å². The summed E-state index contributed by atoms with van der Waals surface area (Å²) in [5.41, 5.74) is 0. The van der Waals surface area contributed by atoms with Gasteiger partial charge >= 0.3 is 6.18 Å². The van der Waals surface area contributed by atoms with Crippen molar-refractivity contribution in [1.82, 2.24) is 5.32 Å². The molecule has 0 aliphatic rings. The molecule has 0 saturated carbocycles. The molecule has 0 bridgehead atoms. The fourth-order valence-electron chi connectivity index (χ4n) is 0.463. The Hall–Kier alpha value is -0.290. The first kappa shape index (κ1) is 10.7. The molecule has 0 saturated heterocycles. The second kappa shape index (κ2) is 3.92. The molecule has 0 rings (SSSR count). The van der Waals surface area contributed by atoms with Crippen LogP contribution in [0.25, 0.3) is 0 Å². The lowest BCUT2D eigenvalue weighted by atomic mass is 10.3. The summed E-state index contributed by atoms with van der Waals surface area (Å²) in [5.74, 6) is 0. The average molecular weight is 171 g/mol. The van der Waals surface area contributed by atoms with Gasteiger partial charge in [-0.3, -0.25) is 0 Å². The molecule has 0 radical (unpaired) electrons. The minimum atomic E-state index is -4.51. The van der Waals surface area contributed by atoms with Crippen molar-refractivity contribution in [3.05, 3.63) is 0 Å². The number of halogens is 3. The fourth-order valence-corrected chi connectivity index (χ4v) is 0.463. The van der Waals surface area contributed by atoms with E-state index in [1.807, 2.05) is 0 Å². The molecule has 0 spiro atoms. The van der Waals surface area contributed by atoms with Crippen LogP contribution < -0.4 is 5.32 Å². The first-order chi connectivity index (χ1) is 4.84. The van der Waals surface area contributed by atoms with Crippen LogP contribution in [0.3, 0.4) is 0 Å². The monoisotopic (exact) mass is 171 g/mol. The lowest BCUT2D eigenvalue weighted by molar-refractivity contribution is -0.202. The molecule has 1 unspecified atom stereocenters. The number of aliphatic hydroxyl groups is 1. The second-order valence-corrected chi connectivity index (χ2v) is 2.62. The van der Waals surface area contributed by atoms with Crippen LogP contribution in [0, 0.1) is 0 Å². The standard InChI is InChI=1S/C6H12F3NO/c1-4(2)10-3-5(11)6(7,8)9/h4-5,10-11H,3H2,1-2H3. The van der Waals surface area contributed by atoms with Crippen molar-refractivity contribution in [2.24, 2.45) is 0 Å². The molecule has 2 nitrogen and oxygen atoms in total. The summed E-state index contributed by atoms with van der Waals surface area (Å²) in [4.78, 5) is 0. The van der Waals surface area contributed by atoms with E-state index in [-0.39, 0.29) is 6.04 Å². The fraction of sp³-hybridized carbons (Fsp3) is 1.00. The van der Waals surface area contributed by atoms with Gasteiger partial charge in [-0.2, -0.15) is 13.2 Å². The average Bonchev–Trinajstić information content (AvgIpc) is 1.80. The molecule has 5 heteroatoms. The smallest absolute Gasteiger partial charge is 0.382 e. The van der Waals surface area contributed by atoms with Gasteiger partial charge in [-0.05, 0) is 0 Å². The maximum Gasteiger partial charge on any atom is 0.415 e. The van der Waals surface area contributed by atoms with Gasteiger partial charge in [-0.1, -0.05) is 13.8 Å². The Morgan fingerprint density at radius 1 is 1.36 bits per heavy atom. The molecule has 2 N–H and O–H groups in total. The van der Waals surface area contributed by atoms with Gasteiger partial charge < -0.3 is 10.4 Å². The summed E-state index contributed by atoms with van der Waals surface area (Å²) < 4.78 is 34.8. The molecule has 0 aliphatic heterocycles. The summed E-state index contributed by atoms with van der Waals surface area (Å²) in [6.45, 7) is 2.98. The molecule has 0 amide bonds. The Morgan fingerprint density at radius 2 is 1.82 bits per heavy atom. The van der Waals surface area contributed by atoms with Gasteiger partial charge in [0.25, 0.3) is 0 Å². The zero-order valence-corrected chi connectivity index (χ0v) is 6.44. The minimum absolute atomic E-state index is 0.0491. The summed E-state index contributed by atoms with van der Waals surface area (Å²) in [7, 11) is 0. The van der Waals surface area contributed by atoms with Crippen LogP contribution in [0.1, 0.15) is 13.8 Å². The van der Waals surface area contributed by atoms with Crippen LogP contribution in [-0.2, 0) is 0 Å². The van der Waals surface area contributed by atoms with E-state index >= 15 is 0 Å². The van der Waals surface area contributed by atoms with Crippen molar-refractivity contribution in [3.8, 4) is 0 Å². The summed E-state index contributed by atoms with van der Waals surface area (Å²) in [6, 6.07) is -0.0491. The molecule has 68 valence electrons. The summed E-state index contributed by atoms with van der Waals surface area (Å²) >= 11 is 0. The molecule has 0 aromatic heterocycles. The van der Waals surface area contributed by atoms with Crippen LogP contribution in [0.5, 0.6) is 0 Å².